The van der Waals surface area contributed by atoms with Gasteiger partial charge in [0.1, 0.15) is 11.4 Å². The molecular formula is C26H29FN2O3. The van der Waals surface area contributed by atoms with Gasteiger partial charge in [0, 0.05) is 6.54 Å². The zero-order valence-electron chi connectivity index (χ0n) is 19.1. The van der Waals surface area contributed by atoms with E-state index in [2.05, 4.69) is 18.7 Å². The molecule has 0 bridgehead atoms. The van der Waals surface area contributed by atoms with Crippen molar-refractivity contribution in [1.82, 2.24) is 9.80 Å². The van der Waals surface area contributed by atoms with Crippen LogP contribution in [0.1, 0.15) is 59.1 Å². The molecule has 0 saturated heterocycles. The van der Waals surface area contributed by atoms with Crippen molar-refractivity contribution in [2.24, 2.45) is 0 Å². The van der Waals surface area contributed by atoms with Crippen molar-refractivity contribution in [1.29, 1.82) is 0 Å². The summed E-state index contributed by atoms with van der Waals surface area (Å²) in [5.74, 6) is -0.642. The van der Waals surface area contributed by atoms with Crippen molar-refractivity contribution in [2.45, 2.75) is 40.2 Å². The molecule has 6 heteroatoms. The van der Waals surface area contributed by atoms with Gasteiger partial charge >= 0.3 is 0 Å². The second-order valence-electron chi connectivity index (χ2n) is 8.44. The molecule has 1 aliphatic rings. The number of nitrogens with zero attached hydrogens (tertiary/aromatic N) is 2. The Morgan fingerprint density at radius 1 is 1.06 bits per heavy atom. The lowest BCUT2D eigenvalue weighted by atomic mass is 9.97. The maximum atomic E-state index is 14.1. The second-order valence-corrected chi connectivity index (χ2v) is 8.44. The Morgan fingerprint density at radius 2 is 1.78 bits per heavy atom. The number of fused-ring (bicyclic) bond motifs is 2. The molecule has 1 aliphatic heterocycles. The number of amides is 1. The monoisotopic (exact) mass is 436 g/mol. The summed E-state index contributed by atoms with van der Waals surface area (Å²) in [4.78, 5) is 30.9. The highest BCUT2D eigenvalue weighted by Crippen LogP contribution is 2.38. The molecular weight excluding hydrogens is 407 g/mol. The van der Waals surface area contributed by atoms with E-state index in [4.69, 9.17) is 4.42 Å². The highest BCUT2D eigenvalue weighted by molar-refractivity contribution is 5.99. The Morgan fingerprint density at radius 3 is 2.47 bits per heavy atom. The smallest absolute Gasteiger partial charge is 0.290 e. The third kappa shape index (κ3) is 3.84. The Hall–Kier alpha value is -2.99. The zero-order valence-corrected chi connectivity index (χ0v) is 19.1. The van der Waals surface area contributed by atoms with Crippen LogP contribution in [0.5, 0.6) is 0 Å². The standard InChI is InChI=1S/C26H29FN2O3/c1-5-28(6-2)11-8-12-29-23(18-9-7-10-19(27)15-18)22-24(30)20-13-16(3)17(4)14-21(20)32-25(22)26(29)31/h7,9-10,13-15,23H,5-6,8,11-12H2,1-4H3/t23-/m1/s1. The fraction of sp³-hybridized carbons (Fsp3) is 0.385. The molecule has 2 aromatic carbocycles. The molecule has 168 valence electrons. The third-order valence-electron chi connectivity index (χ3n) is 6.51. The van der Waals surface area contributed by atoms with E-state index in [1.54, 1.807) is 23.1 Å². The summed E-state index contributed by atoms with van der Waals surface area (Å²) in [7, 11) is 0. The lowest BCUT2D eigenvalue weighted by molar-refractivity contribution is 0.0720. The normalized spacial score (nSPS) is 15.8. The van der Waals surface area contributed by atoms with Gasteiger partial charge in [-0.3, -0.25) is 9.59 Å². The molecule has 0 N–H and O–H groups in total. The average molecular weight is 437 g/mol. The summed E-state index contributed by atoms with van der Waals surface area (Å²) >= 11 is 0. The van der Waals surface area contributed by atoms with Gasteiger partial charge in [0.2, 0.25) is 5.76 Å². The Bertz CT molecular complexity index is 1230. The van der Waals surface area contributed by atoms with Crippen LogP contribution in [0.2, 0.25) is 0 Å². The Labute approximate surface area is 187 Å². The van der Waals surface area contributed by atoms with Crippen LogP contribution in [-0.2, 0) is 0 Å². The van der Waals surface area contributed by atoms with Gasteiger partial charge in [-0.2, -0.15) is 0 Å². The van der Waals surface area contributed by atoms with Crippen molar-refractivity contribution < 1.29 is 13.6 Å². The first kappa shape index (κ1) is 22.2. The fourth-order valence-electron chi connectivity index (χ4n) is 4.53. The summed E-state index contributed by atoms with van der Waals surface area (Å²) in [5.41, 5.74) is 3.04. The predicted octanol–water partition coefficient (Wildman–Crippen LogP) is 4.83. The SMILES string of the molecule is CCN(CC)CCCN1C(=O)c2oc3cc(C)c(C)cc3c(=O)c2[C@H]1c1cccc(F)c1. The molecule has 2 heterocycles. The van der Waals surface area contributed by atoms with Gasteiger partial charge in [-0.1, -0.05) is 26.0 Å². The molecule has 0 radical (unpaired) electrons. The minimum atomic E-state index is -0.660. The maximum Gasteiger partial charge on any atom is 0.290 e. The van der Waals surface area contributed by atoms with Crippen LogP contribution in [-0.4, -0.2) is 41.9 Å². The van der Waals surface area contributed by atoms with Gasteiger partial charge in [0.05, 0.1) is 17.0 Å². The molecule has 5 nitrogen and oxygen atoms in total. The van der Waals surface area contributed by atoms with E-state index in [-0.39, 0.29) is 17.1 Å². The summed E-state index contributed by atoms with van der Waals surface area (Å²) in [5, 5.41) is 0.450. The molecule has 0 fully saturated rings. The van der Waals surface area contributed by atoms with Crippen LogP contribution in [0.25, 0.3) is 11.0 Å². The van der Waals surface area contributed by atoms with Gasteiger partial charge in [0.15, 0.2) is 5.43 Å². The van der Waals surface area contributed by atoms with E-state index in [9.17, 15) is 14.0 Å². The van der Waals surface area contributed by atoms with Gasteiger partial charge in [-0.05, 0) is 80.9 Å². The topological polar surface area (TPSA) is 53.8 Å². The van der Waals surface area contributed by atoms with Crippen molar-refractivity contribution in [3.8, 4) is 0 Å². The number of hydrogen-bond acceptors (Lipinski definition) is 4. The van der Waals surface area contributed by atoms with Crippen molar-refractivity contribution in [3.05, 3.63) is 80.5 Å². The zero-order chi connectivity index (χ0) is 23.0. The predicted molar refractivity (Wildman–Crippen MR) is 124 cm³/mol. The third-order valence-corrected chi connectivity index (χ3v) is 6.51. The number of rotatable bonds is 7. The number of carbonyl (C=O) groups is 1. The summed E-state index contributed by atoms with van der Waals surface area (Å²) in [6.07, 6.45) is 0.749. The molecule has 0 unspecified atom stereocenters. The largest absolute Gasteiger partial charge is 0.450 e. The highest BCUT2D eigenvalue weighted by atomic mass is 19.1. The molecule has 3 aromatic rings. The average Bonchev–Trinajstić information content (AvgIpc) is 3.05. The number of carbonyl (C=O) groups excluding carboxylic acids is 1. The van der Waals surface area contributed by atoms with Crippen LogP contribution in [0.3, 0.4) is 0 Å². The minimum Gasteiger partial charge on any atom is -0.450 e. The molecule has 1 amide bonds. The molecule has 1 atom stereocenters. The number of hydrogen-bond donors (Lipinski definition) is 0. The van der Waals surface area contributed by atoms with Gasteiger partial charge in [0.25, 0.3) is 5.91 Å². The van der Waals surface area contributed by atoms with Crippen molar-refractivity contribution >= 4 is 16.9 Å². The van der Waals surface area contributed by atoms with Gasteiger partial charge in [-0.15, -0.1) is 0 Å². The lowest BCUT2D eigenvalue weighted by Crippen LogP contribution is -2.33. The number of benzene rings is 2. The Balaban J connectivity index is 1.83. The minimum absolute atomic E-state index is 0.0721. The van der Waals surface area contributed by atoms with E-state index >= 15 is 0 Å². The van der Waals surface area contributed by atoms with Crippen molar-refractivity contribution in [2.75, 3.05) is 26.2 Å². The van der Waals surface area contributed by atoms with Crippen LogP contribution >= 0.6 is 0 Å². The lowest BCUT2D eigenvalue weighted by Gasteiger charge is -2.26. The van der Waals surface area contributed by atoms with E-state index in [0.29, 0.717) is 28.6 Å². The summed E-state index contributed by atoms with van der Waals surface area (Å²) in [6, 6.07) is 9.09. The molecule has 32 heavy (non-hydrogen) atoms. The number of halogens is 1. The highest BCUT2D eigenvalue weighted by Gasteiger charge is 2.42. The Kier molecular flexibility index (Phi) is 6.15. The first-order valence-corrected chi connectivity index (χ1v) is 11.2. The maximum absolute atomic E-state index is 14.1. The van der Waals surface area contributed by atoms with E-state index in [0.717, 1.165) is 37.2 Å². The number of aryl methyl sites for hydroxylation is 2. The van der Waals surface area contributed by atoms with Gasteiger partial charge in [-0.25, -0.2) is 4.39 Å². The van der Waals surface area contributed by atoms with E-state index in [1.807, 2.05) is 19.9 Å². The first-order valence-electron chi connectivity index (χ1n) is 11.2. The van der Waals surface area contributed by atoms with Crippen molar-refractivity contribution in [3.63, 3.8) is 0 Å². The van der Waals surface area contributed by atoms with Crippen LogP contribution < -0.4 is 5.43 Å². The molecule has 0 saturated carbocycles. The molecule has 0 spiro atoms. The fourth-order valence-corrected chi connectivity index (χ4v) is 4.53. The molecule has 4 rings (SSSR count). The quantitative estimate of drug-likeness (QED) is 0.533. The van der Waals surface area contributed by atoms with Crippen LogP contribution in [0, 0.1) is 19.7 Å². The second kappa shape index (κ2) is 8.87. The van der Waals surface area contributed by atoms with E-state index < -0.39 is 11.9 Å². The van der Waals surface area contributed by atoms with Crippen LogP contribution in [0.4, 0.5) is 4.39 Å². The van der Waals surface area contributed by atoms with Crippen LogP contribution in [0.15, 0.2) is 45.6 Å². The van der Waals surface area contributed by atoms with E-state index in [1.165, 1.54) is 12.1 Å². The molecule has 1 aromatic heterocycles. The summed E-state index contributed by atoms with van der Waals surface area (Å²) < 4.78 is 20.1. The first-order chi connectivity index (χ1) is 15.3. The molecule has 0 aliphatic carbocycles. The van der Waals surface area contributed by atoms with Gasteiger partial charge < -0.3 is 14.2 Å². The summed E-state index contributed by atoms with van der Waals surface area (Å²) in [6.45, 7) is 11.3.